The molecule has 33 heavy (non-hydrogen) atoms. The van der Waals surface area contributed by atoms with Crippen molar-refractivity contribution in [3.05, 3.63) is 53.6 Å². The molecular formula is C21H23ClN4O6S. The Balaban J connectivity index is 1.83. The number of hydrogen-bond donors (Lipinski definition) is 3. The van der Waals surface area contributed by atoms with Gasteiger partial charge >= 0.3 is 6.03 Å². The Hall–Kier alpha value is -2.99. The van der Waals surface area contributed by atoms with Gasteiger partial charge in [-0.25, -0.2) is 18.7 Å². The molecule has 1 aliphatic rings. The summed E-state index contributed by atoms with van der Waals surface area (Å²) in [5, 5.41) is 9.64. The lowest BCUT2D eigenvalue weighted by Gasteiger charge is -2.22. The lowest BCUT2D eigenvalue weighted by Crippen LogP contribution is -2.53. The number of amides is 4. The molecule has 1 aliphatic heterocycles. The maximum atomic E-state index is 12.9. The normalized spacial score (nSPS) is 16.8. The molecule has 0 saturated carbocycles. The number of urea groups is 1. The van der Waals surface area contributed by atoms with Crippen LogP contribution in [0.5, 0.6) is 0 Å². The molecule has 1 fully saturated rings. The van der Waals surface area contributed by atoms with E-state index in [9.17, 15) is 22.8 Å². The number of likely N-dealkylation sites (N-methyl/N-ethyl adjacent to an activating group) is 1. The van der Waals surface area contributed by atoms with Crippen molar-refractivity contribution in [2.24, 2.45) is 0 Å². The highest BCUT2D eigenvalue weighted by atomic mass is 35.5. The van der Waals surface area contributed by atoms with E-state index in [1.165, 1.54) is 43.4 Å². The molecule has 176 valence electrons. The smallest absolute Gasteiger partial charge is 0.313 e. The first-order valence-corrected chi connectivity index (χ1v) is 11.7. The molecule has 1 unspecified atom stereocenters. The summed E-state index contributed by atoms with van der Waals surface area (Å²) in [6.07, 6.45) is 0. The monoisotopic (exact) mass is 494 g/mol. The maximum absolute atomic E-state index is 12.9. The highest BCUT2D eigenvalue weighted by molar-refractivity contribution is 7.89. The maximum Gasteiger partial charge on any atom is 0.327 e. The van der Waals surface area contributed by atoms with Crippen molar-refractivity contribution in [1.82, 2.24) is 20.0 Å². The number of carbonyl (C=O) groups is 3. The Labute approximate surface area is 196 Å². The number of imide groups is 1. The zero-order chi connectivity index (χ0) is 24.6. The number of rotatable bonds is 7. The van der Waals surface area contributed by atoms with Crippen LogP contribution in [-0.2, 0) is 19.6 Å². The van der Waals surface area contributed by atoms with Gasteiger partial charge in [-0.05, 0) is 49.2 Å². The van der Waals surface area contributed by atoms with Crippen LogP contribution in [0.25, 0.3) is 11.1 Å². The first kappa shape index (κ1) is 24.6. The van der Waals surface area contributed by atoms with Gasteiger partial charge in [-0.2, -0.15) is 4.72 Å². The van der Waals surface area contributed by atoms with Crippen LogP contribution in [0.15, 0.2) is 53.4 Å². The van der Waals surface area contributed by atoms with Gasteiger partial charge in [-0.1, -0.05) is 35.9 Å². The second kappa shape index (κ2) is 9.10. The number of halogens is 1. The fraction of sp³-hybridized carbons (Fsp3) is 0.286. The first-order valence-electron chi connectivity index (χ1n) is 9.80. The van der Waals surface area contributed by atoms with Crippen molar-refractivity contribution in [2.45, 2.75) is 30.3 Å². The Bertz CT molecular complexity index is 1180. The molecule has 0 radical (unpaired) electrons. The van der Waals surface area contributed by atoms with E-state index in [2.05, 4.69) is 4.72 Å². The van der Waals surface area contributed by atoms with E-state index in [4.69, 9.17) is 16.8 Å². The number of hydrogen-bond acceptors (Lipinski definition) is 6. The van der Waals surface area contributed by atoms with Gasteiger partial charge in [0.15, 0.2) is 0 Å². The molecule has 0 spiro atoms. The molecule has 3 N–H and O–H groups in total. The van der Waals surface area contributed by atoms with E-state index >= 15 is 0 Å². The van der Waals surface area contributed by atoms with Crippen LogP contribution in [0, 0.1) is 0 Å². The minimum atomic E-state index is -4.25. The molecule has 4 amide bonds. The molecule has 2 aromatic carbocycles. The van der Waals surface area contributed by atoms with Gasteiger partial charge in [-0.3, -0.25) is 19.7 Å². The second-order valence-electron chi connectivity index (χ2n) is 8.00. The zero-order valence-corrected chi connectivity index (χ0v) is 19.6. The first-order chi connectivity index (χ1) is 15.4. The third kappa shape index (κ3) is 4.86. The summed E-state index contributed by atoms with van der Waals surface area (Å²) in [5.41, 5.74) is 1.78. The Morgan fingerprint density at radius 3 is 2.03 bits per heavy atom. The average Bonchev–Trinajstić information content (AvgIpc) is 2.93. The van der Waals surface area contributed by atoms with Gasteiger partial charge in [0, 0.05) is 12.1 Å². The molecular weight excluding hydrogens is 472 g/mol. The van der Waals surface area contributed by atoms with Crippen LogP contribution < -0.4 is 10.2 Å². The van der Waals surface area contributed by atoms with Crippen molar-refractivity contribution >= 4 is 39.5 Å². The highest BCUT2D eigenvalue weighted by Gasteiger charge is 2.50. The van der Waals surface area contributed by atoms with Gasteiger partial charge < -0.3 is 4.90 Å². The number of nitrogens with zero attached hydrogens (tertiary/aromatic N) is 2. The van der Waals surface area contributed by atoms with Crippen LogP contribution in [0.3, 0.4) is 0 Å². The van der Waals surface area contributed by atoms with E-state index in [0.717, 1.165) is 16.0 Å². The van der Waals surface area contributed by atoms with Crippen LogP contribution in [-0.4, -0.2) is 66.4 Å². The van der Waals surface area contributed by atoms with Gasteiger partial charge in [0.25, 0.3) is 11.8 Å². The summed E-state index contributed by atoms with van der Waals surface area (Å²) in [6.45, 7) is 2.46. The van der Waals surface area contributed by atoms with Crippen LogP contribution in [0.2, 0.25) is 5.02 Å². The molecule has 0 bridgehead atoms. The summed E-state index contributed by atoms with van der Waals surface area (Å²) in [5.74, 6) is -1.72. The molecule has 1 saturated heterocycles. The lowest BCUT2D eigenvalue weighted by molar-refractivity contribution is -0.134. The standard InChI is InChI=1S/C21H23ClN4O6S/c1-21(2)19(28)26(20(29)25(21)3)12-17(18(27)23-30)24-33(31,32)16-10-6-14(7-11-16)13-4-8-15(22)9-5-13/h4-11,17,24,30H,12H2,1-3H3,(H,23,27). The third-order valence-electron chi connectivity index (χ3n) is 5.56. The third-order valence-corrected chi connectivity index (χ3v) is 7.30. The summed E-state index contributed by atoms with van der Waals surface area (Å²) in [6, 6.07) is 10.6. The quantitative estimate of drug-likeness (QED) is 0.305. The van der Waals surface area contributed by atoms with Crippen molar-refractivity contribution < 1.29 is 28.0 Å². The van der Waals surface area contributed by atoms with Gasteiger partial charge in [0.1, 0.15) is 11.6 Å². The van der Waals surface area contributed by atoms with E-state index in [1.807, 2.05) is 0 Å². The number of hydroxylamine groups is 1. The van der Waals surface area contributed by atoms with E-state index in [1.54, 1.807) is 36.4 Å². The molecule has 1 atom stereocenters. The average molecular weight is 495 g/mol. The predicted octanol–water partition coefficient (Wildman–Crippen LogP) is 1.83. The number of nitrogens with one attached hydrogen (secondary N) is 2. The van der Waals surface area contributed by atoms with Crippen molar-refractivity contribution in [2.75, 3.05) is 13.6 Å². The summed E-state index contributed by atoms with van der Waals surface area (Å²) < 4.78 is 27.9. The predicted molar refractivity (Wildman–Crippen MR) is 120 cm³/mol. The van der Waals surface area contributed by atoms with Crippen molar-refractivity contribution in [3.63, 3.8) is 0 Å². The summed E-state index contributed by atoms with van der Waals surface area (Å²) >= 11 is 5.89. The minimum Gasteiger partial charge on any atom is -0.313 e. The molecule has 0 aromatic heterocycles. The van der Waals surface area contributed by atoms with Crippen LogP contribution >= 0.6 is 11.6 Å². The fourth-order valence-electron chi connectivity index (χ4n) is 3.30. The topological polar surface area (TPSA) is 136 Å². The van der Waals surface area contributed by atoms with Crippen LogP contribution in [0.4, 0.5) is 4.79 Å². The second-order valence-corrected chi connectivity index (χ2v) is 10.1. The Morgan fingerprint density at radius 2 is 1.58 bits per heavy atom. The minimum absolute atomic E-state index is 0.146. The lowest BCUT2D eigenvalue weighted by atomic mass is 10.1. The molecule has 2 aromatic rings. The molecule has 1 heterocycles. The van der Waals surface area contributed by atoms with Crippen molar-refractivity contribution in [1.29, 1.82) is 0 Å². The number of carbonyl (C=O) groups excluding carboxylic acids is 3. The molecule has 12 heteroatoms. The van der Waals surface area contributed by atoms with Gasteiger partial charge in [0.2, 0.25) is 10.0 Å². The van der Waals surface area contributed by atoms with Gasteiger partial charge in [0.05, 0.1) is 11.4 Å². The fourth-order valence-corrected chi connectivity index (χ4v) is 4.61. The van der Waals surface area contributed by atoms with E-state index < -0.39 is 46.0 Å². The highest BCUT2D eigenvalue weighted by Crippen LogP contribution is 2.26. The largest absolute Gasteiger partial charge is 0.327 e. The van der Waals surface area contributed by atoms with Crippen LogP contribution in [0.1, 0.15) is 13.8 Å². The van der Waals surface area contributed by atoms with Crippen molar-refractivity contribution in [3.8, 4) is 11.1 Å². The van der Waals surface area contributed by atoms with Gasteiger partial charge in [-0.15, -0.1) is 0 Å². The Morgan fingerprint density at radius 1 is 1.06 bits per heavy atom. The number of sulfonamides is 1. The summed E-state index contributed by atoms with van der Waals surface area (Å²) in [4.78, 5) is 39.0. The molecule has 10 nitrogen and oxygen atoms in total. The van der Waals surface area contributed by atoms with E-state index in [-0.39, 0.29) is 4.90 Å². The van der Waals surface area contributed by atoms with E-state index in [0.29, 0.717) is 5.02 Å². The molecule has 3 rings (SSSR count). The number of benzene rings is 2. The summed E-state index contributed by atoms with van der Waals surface area (Å²) in [7, 11) is -2.82. The zero-order valence-electron chi connectivity index (χ0n) is 18.1. The molecule has 0 aliphatic carbocycles. The SMILES string of the molecule is CN1C(=O)N(CC(NS(=O)(=O)c2ccc(-c3ccc(Cl)cc3)cc2)C(=O)NO)C(=O)C1(C)C. The Kier molecular flexibility index (Phi) is 6.80.